The second-order valence-electron chi connectivity index (χ2n) is 5.72. The highest BCUT2D eigenvalue weighted by molar-refractivity contribution is 6.40. The summed E-state index contributed by atoms with van der Waals surface area (Å²) in [7, 11) is 0. The Morgan fingerprint density at radius 3 is 2.57 bits per heavy atom. The summed E-state index contributed by atoms with van der Waals surface area (Å²) in [6.07, 6.45) is 4.74. The fourth-order valence-corrected chi connectivity index (χ4v) is 3.30. The summed E-state index contributed by atoms with van der Waals surface area (Å²) in [4.78, 5) is 7.98. The SMILES string of the molecule is Cc1ccc(-c2[nH]c3c(Cl)ccc(Cl)c3c2CCCCN)nc1. The molecule has 3 rings (SSSR count). The number of H-pyrrole nitrogens is 1. The molecule has 3 nitrogen and oxygen atoms in total. The number of hydrogen-bond donors (Lipinski definition) is 2. The van der Waals surface area contributed by atoms with Crippen molar-refractivity contribution >= 4 is 34.1 Å². The van der Waals surface area contributed by atoms with Gasteiger partial charge in [-0.2, -0.15) is 0 Å². The minimum Gasteiger partial charge on any atom is -0.352 e. The number of pyridine rings is 1. The van der Waals surface area contributed by atoms with Crippen LogP contribution in [0.25, 0.3) is 22.3 Å². The summed E-state index contributed by atoms with van der Waals surface area (Å²) in [5.74, 6) is 0. The molecule has 0 fully saturated rings. The summed E-state index contributed by atoms with van der Waals surface area (Å²) in [6.45, 7) is 2.72. The Kier molecular flexibility index (Phi) is 4.90. The summed E-state index contributed by atoms with van der Waals surface area (Å²) in [6, 6.07) is 7.74. The second kappa shape index (κ2) is 6.91. The molecule has 120 valence electrons. The Hall–Kier alpha value is -1.55. The van der Waals surface area contributed by atoms with Crippen LogP contribution in [-0.4, -0.2) is 16.5 Å². The lowest BCUT2D eigenvalue weighted by atomic mass is 10.0. The van der Waals surface area contributed by atoms with Crippen LogP contribution in [0.2, 0.25) is 10.0 Å². The van der Waals surface area contributed by atoms with Crippen LogP contribution in [0, 0.1) is 6.92 Å². The first-order valence-electron chi connectivity index (χ1n) is 7.73. The monoisotopic (exact) mass is 347 g/mol. The number of rotatable bonds is 5. The molecule has 0 aliphatic heterocycles. The van der Waals surface area contributed by atoms with Crippen LogP contribution in [0.5, 0.6) is 0 Å². The number of fused-ring (bicyclic) bond motifs is 1. The summed E-state index contributed by atoms with van der Waals surface area (Å²) >= 11 is 12.8. The van der Waals surface area contributed by atoms with Crippen molar-refractivity contribution in [3.8, 4) is 11.4 Å². The highest BCUT2D eigenvalue weighted by Gasteiger charge is 2.18. The van der Waals surface area contributed by atoms with Crippen LogP contribution >= 0.6 is 23.2 Å². The van der Waals surface area contributed by atoms with Gasteiger partial charge in [0.1, 0.15) is 0 Å². The zero-order chi connectivity index (χ0) is 16.4. The topological polar surface area (TPSA) is 54.7 Å². The summed E-state index contributed by atoms with van der Waals surface area (Å²) < 4.78 is 0. The lowest BCUT2D eigenvalue weighted by molar-refractivity contribution is 0.748. The van der Waals surface area contributed by atoms with E-state index in [2.05, 4.69) is 16.0 Å². The zero-order valence-electron chi connectivity index (χ0n) is 13.0. The molecule has 0 spiro atoms. The molecule has 0 radical (unpaired) electrons. The van der Waals surface area contributed by atoms with Crippen LogP contribution < -0.4 is 5.73 Å². The number of hydrogen-bond acceptors (Lipinski definition) is 2. The predicted octanol–water partition coefficient (Wildman–Crippen LogP) is 5.13. The molecular formula is C18H19Cl2N3. The van der Waals surface area contributed by atoms with Crippen molar-refractivity contribution in [3.05, 3.63) is 51.6 Å². The number of aromatic nitrogens is 2. The van der Waals surface area contributed by atoms with Gasteiger partial charge in [-0.3, -0.25) is 4.98 Å². The van der Waals surface area contributed by atoms with Crippen molar-refractivity contribution in [1.29, 1.82) is 0 Å². The molecule has 3 N–H and O–H groups in total. The normalized spacial score (nSPS) is 11.3. The van der Waals surface area contributed by atoms with Crippen molar-refractivity contribution in [2.45, 2.75) is 26.2 Å². The lowest BCUT2D eigenvalue weighted by Crippen LogP contribution is -1.99. The first-order valence-corrected chi connectivity index (χ1v) is 8.49. The maximum atomic E-state index is 6.45. The Morgan fingerprint density at radius 1 is 1.09 bits per heavy atom. The lowest BCUT2D eigenvalue weighted by Gasteiger charge is -2.06. The molecule has 0 unspecified atom stereocenters. The first kappa shape index (κ1) is 16.3. The number of halogens is 2. The minimum atomic E-state index is 0.669. The molecule has 3 aromatic rings. The molecule has 0 aliphatic rings. The van der Waals surface area contributed by atoms with Crippen LogP contribution in [0.4, 0.5) is 0 Å². The molecule has 0 bridgehead atoms. The Morgan fingerprint density at radius 2 is 1.87 bits per heavy atom. The Labute approximate surface area is 145 Å². The van der Waals surface area contributed by atoms with Crippen LogP contribution in [0.3, 0.4) is 0 Å². The van der Waals surface area contributed by atoms with Gasteiger partial charge in [0.05, 0.1) is 26.9 Å². The third-order valence-electron chi connectivity index (χ3n) is 4.01. The molecule has 1 aromatic carbocycles. The highest BCUT2D eigenvalue weighted by Crippen LogP contribution is 2.38. The molecule has 2 aromatic heterocycles. The Balaban J connectivity index is 2.19. The van der Waals surface area contributed by atoms with E-state index in [-0.39, 0.29) is 0 Å². The number of unbranched alkanes of at least 4 members (excludes halogenated alkanes) is 1. The minimum absolute atomic E-state index is 0.669. The third-order valence-corrected chi connectivity index (χ3v) is 4.64. The van der Waals surface area contributed by atoms with Crippen LogP contribution in [-0.2, 0) is 6.42 Å². The van der Waals surface area contributed by atoms with Gasteiger partial charge in [0.25, 0.3) is 0 Å². The Bertz CT molecular complexity index is 822. The molecule has 0 amide bonds. The van der Waals surface area contributed by atoms with E-state index in [1.54, 1.807) is 0 Å². The predicted molar refractivity (Wildman–Crippen MR) is 98.3 cm³/mol. The van der Waals surface area contributed by atoms with Crippen LogP contribution in [0.15, 0.2) is 30.5 Å². The third kappa shape index (κ3) is 3.23. The maximum absolute atomic E-state index is 6.45. The molecule has 2 heterocycles. The first-order chi connectivity index (χ1) is 11.1. The zero-order valence-corrected chi connectivity index (χ0v) is 14.5. The van der Waals surface area contributed by atoms with E-state index in [4.69, 9.17) is 28.9 Å². The van der Waals surface area contributed by atoms with Gasteiger partial charge in [-0.05, 0) is 62.1 Å². The number of nitrogens with zero attached hydrogens (tertiary/aromatic N) is 1. The number of aromatic amines is 1. The van der Waals surface area contributed by atoms with E-state index in [1.807, 2.05) is 31.3 Å². The largest absolute Gasteiger partial charge is 0.352 e. The number of benzene rings is 1. The highest BCUT2D eigenvalue weighted by atomic mass is 35.5. The van der Waals surface area contributed by atoms with Gasteiger partial charge in [-0.25, -0.2) is 0 Å². The van der Waals surface area contributed by atoms with Crippen molar-refractivity contribution in [2.75, 3.05) is 6.54 Å². The quantitative estimate of drug-likeness (QED) is 0.628. The number of nitrogens with two attached hydrogens (primary N) is 1. The van der Waals surface area contributed by atoms with Crippen molar-refractivity contribution in [3.63, 3.8) is 0 Å². The van der Waals surface area contributed by atoms with Crippen LogP contribution in [0.1, 0.15) is 24.0 Å². The molecule has 0 aliphatic carbocycles. The van der Waals surface area contributed by atoms with Gasteiger partial charge < -0.3 is 10.7 Å². The van der Waals surface area contributed by atoms with Gasteiger partial charge in [-0.1, -0.05) is 29.3 Å². The summed E-state index contributed by atoms with van der Waals surface area (Å²) in [5, 5.41) is 2.37. The van der Waals surface area contributed by atoms with E-state index >= 15 is 0 Å². The smallest absolute Gasteiger partial charge is 0.0867 e. The fourth-order valence-electron chi connectivity index (χ4n) is 2.82. The molecule has 0 saturated heterocycles. The average Bonchev–Trinajstić information content (AvgIpc) is 2.93. The summed E-state index contributed by atoms with van der Waals surface area (Å²) in [5.41, 5.74) is 10.7. The van der Waals surface area contributed by atoms with Crippen molar-refractivity contribution < 1.29 is 0 Å². The standard InChI is InChI=1S/C18H19Cl2N3/c1-11-5-8-15(22-10-11)17-12(4-2-3-9-21)16-13(19)6-7-14(20)18(16)23-17/h5-8,10,23H,2-4,9,21H2,1H3. The molecule has 5 heteroatoms. The van der Waals surface area contributed by atoms with Gasteiger partial charge in [0, 0.05) is 11.6 Å². The van der Waals surface area contributed by atoms with Crippen molar-refractivity contribution in [2.24, 2.45) is 5.73 Å². The van der Waals surface area contributed by atoms with E-state index in [9.17, 15) is 0 Å². The molecule has 0 saturated carbocycles. The van der Waals surface area contributed by atoms with E-state index < -0.39 is 0 Å². The number of nitrogens with one attached hydrogen (secondary N) is 1. The van der Waals surface area contributed by atoms with E-state index in [0.29, 0.717) is 16.6 Å². The molecule has 0 atom stereocenters. The van der Waals surface area contributed by atoms with Crippen molar-refractivity contribution in [1.82, 2.24) is 9.97 Å². The van der Waals surface area contributed by atoms with Gasteiger partial charge in [0.15, 0.2) is 0 Å². The van der Waals surface area contributed by atoms with E-state index in [0.717, 1.165) is 52.7 Å². The second-order valence-corrected chi connectivity index (χ2v) is 6.54. The number of aryl methyl sites for hydroxylation is 2. The molecular weight excluding hydrogens is 329 g/mol. The average molecular weight is 348 g/mol. The molecule has 23 heavy (non-hydrogen) atoms. The van der Waals surface area contributed by atoms with Gasteiger partial charge in [-0.15, -0.1) is 0 Å². The van der Waals surface area contributed by atoms with E-state index in [1.165, 1.54) is 0 Å². The maximum Gasteiger partial charge on any atom is 0.0867 e. The van der Waals surface area contributed by atoms with Gasteiger partial charge >= 0.3 is 0 Å². The fraction of sp³-hybridized carbons (Fsp3) is 0.278. The van der Waals surface area contributed by atoms with Gasteiger partial charge in [0.2, 0.25) is 0 Å².